The van der Waals surface area contributed by atoms with Gasteiger partial charge in [-0.2, -0.15) is 0 Å². The zero-order valence-corrected chi connectivity index (χ0v) is 9.00. The van der Waals surface area contributed by atoms with Crippen molar-refractivity contribution >= 4 is 15.9 Å². The SMILES string of the molecule is OC1CCCC1c1cccc(Br)c1. The Hall–Kier alpha value is -0.340. The number of halogens is 1. The van der Waals surface area contributed by atoms with Gasteiger partial charge in [-0.1, -0.05) is 34.5 Å². The standard InChI is InChI=1S/C11H13BrO/c12-9-4-1-3-8(7-9)10-5-2-6-11(10)13/h1,3-4,7,10-11,13H,2,5-6H2. The van der Waals surface area contributed by atoms with Gasteiger partial charge in [0.2, 0.25) is 0 Å². The van der Waals surface area contributed by atoms with E-state index in [1.54, 1.807) is 0 Å². The van der Waals surface area contributed by atoms with Gasteiger partial charge >= 0.3 is 0 Å². The normalized spacial score (nSPS) is 27.8. The first-order valence-corrected chi connectivity index (χ1v) is 5.50. The predicted octanol–water partition coefficient (Wildman–Crippen LogP) is 3.08. The summed E-state index contributed by atoms with van der Waals surface area (Å²) < 4.78 is 1.10. The predicted molar refractivity (Wildman–Crippen MR) is 56.7 cm³/mol. The quantitative estimate of drug-likeness (QED) is 0.801. The van der Waals surface area contributed by atoms with Crippen molar-refractivity contribution in [2.45, 2.75) is 31.3 Å². The third-order valence-electron chi connectivity index (χ3n) is 2.76. The lowest BCUT2D eigenvalue weighted by Gasteiger charge is -2.14. The Labute approximate surface area is 86.9 Å². The van der Waals surface area contributed by atoms with Crippen LogP contribution in [0.2, 0.25) is 0 Å². The molecule has 0 spiro atoms. The maximum atomic E-state index is 9.72. The highest BCUT2D eigenvalue weighted by Crippen LogP contribution is 2.35. The molecule has 1 aliphatic carbocycles. The van der Waals surface area contributed by atoms with E-state index in [0.717, 1.165) is 23.7 Å². The lowest BCUT2D eigenvalue weighted by molar-refractivity contribution is 0.164. The van der Waals surface area contributed by atoms with Gasteiger partial charge in [0.25, 0.3) is 0 Å². The van der Waals surface area contributed by atoms with Crippen LogP contribution in [-0.2, 0) is 0 Å². The number of hydrogen-bond donors (Lipinski definition) is 1. The Morgan fingerprint density at radius 3 is 2.77 bits per heavy atom. The van der Waals surface area contributed by atoms with E-state index in [2.05, 4.69) is 28.1 Å². The second-order valence-electron chi connectivity index (χ2n) is 3.66. The van der Waals surface area contributed by atoms with Crippen LogP contribution in [0.1, 0.15) is 30.7 Å². The Kier molecular flexibility index (Phi) is 2.70. The molecule has 0 amide bonds. The molecule has 2 rings (SSSR count). The largest absolute Gasteiger partial charge is 0.392 e. The van der Waals surface area contributed by atoms with Crippen LogP contribution in [-0.4, -0.2) is 11.2 Å². The van der Waals surface area contributed by atoms with Crippen LogP contribution in [0.5, 0.6) is 0 Å². The van der Waals surface area contributed by atoms with Gasteiger partial charge in [-0.25, -0.2) is 0 Å². The molecule has 0 saturated heterocycles. The van der Waals surface area contributed by atoms with Crippen molar-refractivity contribution in [3.05, 3.63) is 34.3 Å². The molecule has 1 fully saturated rings. The molecule has 0 aliphatic heterocycles. The van der Waals surface area contributed by atoms with Crippen molar-refractivity contribution in [1.82, 2.24) is 0 Å². The van der Waals surface area contributed by atoms with Gasteiger partial charge in [0, 0.05) is 10.4 Å². The fourth-order valence-electron chi connectivity index (χ4n) is 2.07. The number of aliphatic hydroxyl groups is 1. The molecule has 1 saturated carbocycles. The summed E-state index contributed by atoms with van der Waals surface area (Å²) in [5, 5.41) is 9.72. The fourth-order valence-corrected chi connectivity index (χ4v) is 2.48. The summed E-state index contributed by atoms with van der Waals surface area (Å²) in [6, 6.07) is 8.26. The number of aliphatic hydroxyl groups excluding tert-OH is 1. The van der Waals surface area contributed by atoms with Crippen molar-refractivity contribution in [2.75, 3.05) is 0 Å². The van der Waals surface area contributed by atoms with Crippen LogP contribution in [0.15, 0.2) is 28.7 Å². The van der Waals surface area contributed by atoms with E-state index in [1.807, 2.05) is 12.1 Å². The van der Waals surface area contributed by atoms with Crippen LogP contribution in [0.3, 0.4) is 0 Å². The van der Waals surface area contributed by atoms with E-state index >= 15 is 0 Å². The highest BCUT2D eigenvalue weighted by atomic mass is 79.9. The van der Waals surface area contributed by atoms with Crippen LogP contribution >= 0.6 is 15.9 Å². The molecule has 2 atom stereocenters. The minimum absolute atomic E-state index is 0.130. The van der Waals surface area contributed by atoms with E-state index in [0.29, 0.717) is 5.92 Å². The number of benzene rings is 1. The van der Waals surface area contributed by atoms with Crippen LogP contribution in [0.4, 0.5) is 0 Å². The molecule has 0 aromatic heterocycles. The smallest absolute Gasteiger partial charge is 0.0608 e. The summed E-state index contributed by atoms with van der Waals surface area (Å²) in [4.78, 5) is 0. The number of rotatable bonds is 1. The van der Waals surface area contributed by atoms with Crippen LogP contribution in [0, 0.1) is 0 Å². The first-order chi connectivity index (χ1) is 6.27. The minimum Gasteiger partial charge on any atom is -0.392 e. The average Bonchev–Trinajstić information content (AvgIpc) is 2.51. The van der Waals surface area contributed by atoms with Crippen LogP contribution in [0.25, 0.3) is 0 Å². The van der Waals surface area contributed by atoms with Gasteiger partial charge in [-0.05, 0) is 30.5 Å². The molecule has 13 heavy (non-hydrogen) atoms. The summed E-state index contributed by atoms with van der Waals surface area (Å²) in [5.41, 5.74) is 1.26. The van der Waals surface area contributed by atoms with Gasteiger partial charge in [0.15, 0.2) is 0 Å². The maximum absolute atomic E-state index is 9.72. The molecule has 0 heterocycles. The number of hydrogen-bond acceptors (Lipinski definition) is 1. The fraction of sp³-hybridized carbons (Fsp3) is 0.455. The lowest BCUT2D eigenvalue weighted by atomic mass is 9.96. The molecule has 2 unspecified atom stereocenters. The van der Waals surface area contributed by atoms with Gasteiger partial charge in [-0.15, -0.1) is 0 Å². The van der Waals surface area contributed by atoms with Crippen LogP contribution < -0.4 is 0 Å². The van der Waals surface area contributed by atoms with E-state index in [9.17, 15) is 5.11 Å². The first-order valence-electron chi connectivity index (χ1n) is 4.71. The van der Waals surface area contributed by atoms with Crippen molar-refractivity contribution in [2.24, 2.45) is 0 Å². The zero-order chi connectivity index (χ0) is 9.26. The van der Waals surface area contributed by atoms with E-state index in [-0.39, 0.29) is 6.10 Å². The molecule has 1 aromatic rings. The molecular weight excluding hydrogens is 228 g/mol. The molecule has 0 radical (unpaired) electrons. The van der Waals surface area contributed by atoms with Crippen molar-refractivity contribution in [3.63, 3.8) is 0 Å². The Morgan fingerprint density at radius 2 is 2.15 bits per heavy atom. The minimum atomic E-state index is -0.130. The van der Waals surface area contributed by atoms with Gasteiger partial charge in [-0.3, -0.25) is 0 Å². The zero-order valence-electron chi connectivity index (χ0n) is 7.41. The van der Waals surface area contributed by atoms with Gasteiger partial charge in [0.1, 0.15) is 0 Å². The Bertz CT molecular complexity index is 298. The highest BCUT2D eigenvalue weighted by Gasteiger charge is 2.26. The third kappa shape index (κ3) is 1.94. The lowest BCUT2D eigenvalue weighted by Crippen LogP contribution is -2.10. The van der Waals surface area contributed by atoms with Gasteiger partial charge in [0.05, 0.1) is 6.10 Å². The molecule has 0 bridgehead atoms. The third-order valence-corrected chi connectivity index (χ3v) is 3.25. The molecule has 70 valence electrons. The molecular formula is C11H13BrO. The molecule has 1 nitrogen and oxygen atoms in total. The van der Waals surface area contributed by atoms with Crippen molar-refractivity contribution in [1.29, 1.82) is 0 Å². The summed E-state index contributed by atoms with van der Waals surface area (Å²) in [5.74, 6) is 0.359. The summed E-state index contributed by atoms with van der Waals surface area (Å²) in [7, 11) is 0. The van der Waals surface area contributed by atoms with E-state index < -0.39 is 0 Å². The summed E-state index contributed by atoms with van der Waals surface area (Å²) in [6.45, 7) is 0. The maximum Gasteiger partial charge on any atom is 0.0608 e. The highest BCUT2D eigenvalue weighted by molar-refractivity contribution is 9.10. The van der Waals surface area contributed by atoms with Gasteiger partial charge < -0.3 is 5.11 Å². The molecule has 1 N–H and O–H groups in total. The second-order valence-corrected chi connectivity index (χ2v) is 4.58. The van der Waals surface area contributed by atoms with Crippen molar-refractivity contribution in [3.8, 4) is 0 Å². The summed E-state index contributed by atoms with van der Waals surface area (Å²) >= 11 is 3.45. The Balaban J connectivity index is 2.24. The molecule has 1 aromatic carbocycles. The van der Waals surface area contributed by atoms with E-state index in [4.69, 9.17) is 0 Å². The second kappa shape index (κ2) is 3.81. The average molecular weight is 241 g/mol. The molecule has 1 aliphatic rings. The summed E-state index contributed by atoms with van der Waals surface area (Å²) in [6.07, 6.45) is 3.10. The molecule has 2 heteroatoms. The first kappa shape index (κ1) is 9.22. The monoisotopic (exact) mass is 240 g/mol. The Morgan fingerprint density at radius 1 is 1.31 bits per heavy atom. The van der Waals surface area contributed by atoms with E-state index in [1.165, 1.54) is 5.56 Å². The van der Waals surface area contributed by atoms with Crippen molar-refractivity contribution < 1.29 is 5.11 Å². The topological polar surface area (TPSA) is 20.2 Å².